The lowest BCUT2D eigenvalue weighted by atomic mass is 9.98. The molecule has 0 spiro atoms. The lowest BCUT2D eigenvalue weighted by Gasteiger charge is -2.30. The molecule has 21 nitrogen and oxygen atoms in total. The zero-order valence-corrected chi connectivity index (χ0v) is 36.0. The Labute approximate surface area is 361 Å². The van der Waals surface area contributed by atoms with Crippen molar-refractivity contribution in [1.29, 1.82) is 0 Å². The van der Waals surface area contributed by atoms with Crippen molar-refractivity contribution in [2.45, 2.75) is 121 Å². The number of carbonyl (C=O) groups excluding carboxylic acids is 7. The van der Waals surface area contributed by atoms with E-state index in [0.717, 1.165) is 0 Å². The van der Waals surface area contributed by atoms with E-state index in [2.05, 4.69) is 37.2 Å². The zero-order valence-electron chi connectivity index (χ0n) is 35.2. The van der Waals surface area contributed by atoms with Gasteiger partial charge in [-0.2, -0.15) is 11.3 Å². The van der Waals surface area contributed by atoms with Crippen LogP contribution >= 0.6 is 11.3 Å². The van der Waals surface area contributed by atoms with E-state index in [1.807, 2.05) is 0 Å². The molecule has 1 aromatic carbocycles. The molecular formula is C40H56N8O13S. The number of nitrogens with two attached hydrogens (primary N) is 1. The van der Waals surface area contributed by atoms with Crippen molar-refractivity contribution < 1.29 is 63.3 Å². The van der Waals surface area contributed by atoms with Gasteiger partial charge in [0.1, 0.15) is 41.8 Å². The van der Waals surface area contributed by atoms with E-state index in [9.17, 15) is 58.2 Å². The topological polar surface area (TPSA) is 342 Å². The van der Waals surface area contributed by atoms with Crippen LogP contribution in [0.15, 0.2) is 47.2 Å². The van der Waals surface area contributed by atoms with Crippen LogP contribution < -0.4 is 43.0 Å². The van der Waals surface area contributed by atoms with Crippen molar-refractivity contribution in [3.05, 3.63) is 58.3 Å². The smallest absolute Gasteiger partial charge is 0.326 e. The summed E-state index contributed by atoms with van der Waals surface area (Å²) in [4.78, 5) is 127. The second-order valence-electron chi connectivity index (χ2n) is 15.6. The Bertz CT molecular complexity index is 1930. The van der Waals surface area contributed by atoms with Gasteiger partial charge in [0.25, 0.3) is 0 Å². The highest BCUT2D eigenvalue weighted by Gasteiger charge is 2.37. The van der Waals surface area contributed by atoms with Crippen LogP contribution in [0.25, 0.3) is 0 Å². The number of carboxylic acid groups (broad SMARTS) is 3. The Hall–Kier alpha value is -6.42. The van der Waals surface area contributed by atoms with Gasteiger partial charge in [-0.05, 0) is 68.0 Å². The SMILES string of the molecule is CC(C)C[C@H](NC(=O)[C@H](Cc1ccccc1)NC(=O)[C@H](C)NC(=O)[C@H](C)NC(=O)[C@H](CC(=O)O)NC(=O)[C@@H](N)CC(=O)O)C(=O)NC(C)(C)C(=O)N[C@@H](Cc1ccsc1)C(=O)O. The molecule has 0 aliphatic carbocycles. The van der Waals surface area contributed by atoms with Gasteiger partial charge in [0, 0.05) is 12.8 Å². The van der Waals surface area contributed by atoms with Gasteiger partial charge in [-0.15, -0.1) is 0 Å². The molecule has 0 aliphatic rings. The van der Waals surface area contributed by atoms with Crippen molar-refractivity contribution in [3.63, 3.8) is 0 Å². The van der Waals surface area contributed by atoms with Gasteiger partial charge in [0.2, 0.25) is 41.4 Å². The number of aliphatic carboxylic acids is 3. The Morgan fingerprint density at radius 1 is 0.597 bits per heavy atom. The Morgan fingerprint density at radius 3 is 1.65 bits per heavy atom. The first-order valence-electron chi connectivity index (χ1n) is 19.5. The first kappa shape index (κ1) is 51.7. The normalized spacial score (nSPS) is 14.6. The fourth-order valence-electron chi connectivity index (χ4n) is 5.69. The molecule has 340 valence electrons. The summed E-state index contributed by atoms with van der Waals surface area (Å²) >= 11 is 1.37. The number of benzene rings is 1. The number of hydrogen-bond donors (Lipinski definition) is 11. The van der Waals surface area contributed by atoms with E-state index in [4.69, 9.17) is 10.8 Å². The minimum absolute atomic E-state index is 0.0116. The van der Waals surface area contributed by atoms with Gasteiger partial charge in [-0.3, -0.25) is 43.2 Å². The molecule has 1 heterocycles. The van der Waals surface area contributed by atoms with Crippen molar-refractivity contribution in [1.82, 2.24) is 37.2 Å². The predicted octanol–water partition coefficient (Wildman–Crippen LogP) is -1.22. The maximum absolute atomic E-state index is 13.9. The fraction of sp³-hybridized carbons (Fsp3) is 0.500. The first-order chi connectivity index (χ1) is 28.9. The van der Waals surface area contributed by atoms with E-state index in [0.29, 0.717) is 11.1 Å². The minimum atomic E-state index is -1.75. The molecule has 62 heavy (non-hydrogen) atoms. The quantitative estimate of drug-likeness (QED) is 0.0557. The summed E-state index contributed by atoms with van der Waals surface area (Å²) in [7, 11) is 0. The molecule has 0 saturated carbocycles. The minimum Gasteiger partial charge on any atom is -0.481 e. The van der Waals surface area contributed by atoms with Crippen LogP contribution in [0.3, 0.4) is 0 Å². The highest BCUT2D eigenvalue weighted by molar-refractivity contribution is 7.07. The molecule has 0 saturated heterocycles. The molecule has 2 rings (SSSR count). The molecule has 7 atom stereocenters. The fourth-order valence-corrected chi connectivity index (χ4v) is 6.37. The lowest BCUT2D eigenvalue weighted by Crippen LogP contribution is -2.62. The van der Waals surface area contributed by atoms with Crippen LogP contribution in [-0.4, -0.2) is 122 Å². The maximum Gasteiger partial charge on any atom is 0.326 e. The number of carbonyl (C=O) groups is 10. The van der Waals surface area contributed by atoms with E-state index < -0.39 is 120 Å². The molecule has 0 bridgehead atoms. The molecule has 0 aliphatic heterocycles. The van der Waals surface area contributed by atoms with Gasteiger partial charge >= 0.3 is 17.9 Å². The number of hydrogen-bond acceptors (Lipinski definition) is 12. The van der Waals surface area contributed by atoms with Gasteiger partial charge in [0.15, 0.2) is 0 Å². The highest BCUT2D eigenvalue weighted by atomic mass is 32.1. The Kier molecular flexibility index (Phi) is 20.1. The summed E-state index contributed by atoms with van der Waals surface area (Å²) in [5, 5.41) is 48.4. The van der Waals surface area contributed by atoms with Crippen molar-refractivity contribution >= 4 is 70.6 Å². The maximum atomic E-state index is 13.9. The number of thiophene rings is 1. The molecule has 0 fully saturated rings. The third-order valence-corrected chi connectivity index (χ3v) is 9.86. The van der Waals surface area contributed by atoms with Crippen LogP contribution in [0.1, 0.15) is 71.9 Å². The summed E-state index contributed by atoms with van der Waals surface area (Å²) in [6.07, 6.45) is -1.70. The average Bonchev–Trinajstić information content (AvgIpc) is 3.69. The lowest BCUT2D eigenvalue weighted by molar-refractivity contribution is -0.143. The van der Waals surface area contributed by atoms with E-state index in [-0.39, 0.29) is 25.2 Å². The summed E-state index contributed by atoms with van der Waals surface area (Å²) in [5.41, 5.74) is 5.19. The van der Waals surface area contributed by atoms with Gasteiger partial charge in [0.05, 0.1) is 18.9 Å². The van der Waals surface area contributed by atoms with Crippen molar-refractivity contribution in [2.75, 3.05) is 0 Å². The van der Waals surface area contributed by atoms with Gasteiger partial charge in [-0.1, -0.05) is 44.2 Å². The van der Waals surface area contributed by atoms with E-state index in [1.54, 1.807) is 61.0 Å². The molecule has 0 radical (unpaired) electrons. The number of rotatable bonds is 25. The predicted molar refractivity (Wildman–Crippen MR) is 223 cm³/mol. The molecule has 2 aromatic rings. The van der Waals surface area contributed by atoms with Crippen LogP contribution in [0.5, 0.6) is 0 Å². The summed E-state index contributed by atoms with van der Waals surface area (Å²) in [6, 6.07) is 0.363. The van der Waals surface area contributed by atoms with Gasteiger partial charge in [-0.25, -0.2) is 4.79 Å². The molecule has 12 N–H and O–H groups in total. The third kappa shape index (κ3) is 17.7. The second kappa shape index (κ2) is 24.1. The number of carboxylic acids is 3. The van der Waals surface area contributed by atoms with Crippen molar-refractivity contribution in [2.24, 2.45) is 11.7 Å². The van der Waals surface area contributed by atoms with E-state index in [1.165, 1.54) is 39.0 Å². The van der Waals surface area contributed by atoms with Crippen molar-refractivity contribution in [3.8, 4) is 0 Å². The summed E-state index contributed by atoms with van der Waals surface area (Å²) in [6.45, 7) is 8.85. The highest BCUT2D eigenvalue weighted by Crippen LogP contribution is 2.13. The molecule has 7 amide bonds. The standard InChI is InChI=1S/C40H56N8O13S/c1-20(2)14-26(37(58)48-40(5,6)39(61)47-29(38(59)60)16-24-12-13-62-19-24)46-36(57)27(15-23-10-8-7-9-11-23)44-33(54)22(4)42-32(53)21(3)43-35(56)28(18-31(51)52)45-34(55)25(41)17-30(49)50/h7-13,19-22,25-29H,14-18,41H2,1-6H3,(H,42,53)(H,43,56)(H,44,54)(H,45,55)(H,46,57)(H,47,61)(H,48,58)(H,49,50)(H,51,52)(H,59,60)/t21-,22-,25-,26-,27-,28-,29-/m0/s1. The monoisotopic (exact) mass is 888 g/mol. The molecule has 22 heteroatoms. The van der Waals surface area contributed by atoms with Crippen LogP contribution in [0, 0.1) is 5.92 Å². The Balaban J connectivity index is 2.20. The van der Waals surface area contributed by atoms with Gasteiger partial charge < -0.3 is 58.3 Å². The summed E-state index contributed by atoms with van der Waals surface area (Å²) in [5.74, 6) is -10.7. The molecule has 0 unspecified atom stereocenters. The number of amides is 7. The Morgan fingerprint density at radius 2 is 1.11 bits per heavy atom. The molecular weight excluding hydrogens is 833 g/mol. The average molecular weight is 889 g/mol. The third-order valence-electron chi connectivity index (χ3n) is 9.13. The first-order valence-corrected chi connectivity index (χ1v) is 20.5. The van der Waals surface area contributed by atoms with Crippen LogP contribution in [0.4, 0.5) is 0 Å². The van der Waals surface area contributed by atoms with Crippen LogP contribution in [0.2, 0.25) is 0 Å². The van der Waals surface area contributed by atoms with E-state index >= 15 is 0 Å². The summed E-state index contributed by atoms with van der Waals surface area (Å²) < 4.78 is 0. The zero-order chi connectivity index (χ0) is 46.9. The largest absolute Gasteiger partial charge is 0.481 e. The second-order valence-corrected chi connectivity index (χ2v) is 16.4. The molecule has 1 aromatic heterocycles. The number of nitrogens with one attached hydrogen (secondary N) is 7. The van der Waals surface area contributed by atoms with Crippen LogP contribution in [-0.2, 0) is 60.8 Å².